The van der Waals surface area contributed by atoms with Crippen LogP contribution in [-0.2, 0) is 11.3 Å². The number of amides is 3. The second-order valence-electron chi connectivity index (χ2n) is 4.83. The van der Waals surface area contributed by atoms with Gasteiger partial charge in [-0.05, 0) is 43.3 Å². The topological polar surface area (TPSA) is 54.3 Å². The highest BCUT2D eigenvalue weighted by atomic mass is 35.5. The molecule has 0 saturated carbocycles. The van der Waals surface area contributed by atoms with Gasteiger partial charge in [-0.15, -0.1) is 0 Å². The average molecular weight is 316 g/mol. The lowest BCUT2D eigenvalue weighted by atomic mass is 10.2. The van der Waals surface area contributed by atoms with Crippen LogP contribution in [0.4, 0.5) is 10.5 Å². The monoisotopic (exact) mass is 315 g/mol. The Kier molecular flexibility index (Phi) is 3.73. The van der Waals surface area contributed by atoms with Gasteiger partial charge in [0.1, 0.15) is 5.70 Å². The molecule has 1 aromatic carbocycles. The van der Waals surface area contributed by atoms with E-state index in [4.69, 9.17) is 11.6 Å². The summed E-state index contributed by atoms with van der Waals surface area (Å²) < 4.78 is 1.98. The maximum absolute atomic E-state index is 12.5. The van der Waals surface area contributed by atoms with Gasteiger partial charge in [0.15, 0.2) is 0 Å². The Hall–Kier alpha value is -2.53. The number of nitrogens with one attached hydrogen (secondary N) is 1. The SMILES string of the molecule is CCn1cccc1/C=C1/NC(=O)N(c2cccc(Cl)c2)C1=O. The fraction of sp³-hybridized carbons (Fsp3) is 0.125. The highest BCUT2D eigenvalue weighted by molar-refractivity contribution is 6.32. The van der Waals surface area contributed by atoms with Crippen molar-refractivity contribution in [3.8, 4) is 0 Å². The molecule has 3 amide bonds. The van der Waals surface area contributed by atoms with Crippen LogP contribution in [0.15, 0.2) is 48.3 Å². The van der Waals surface area contributed by atoms with Crippen LogP contribution in [0.1, 0.15) is 12.6 Å². The van der Waals surface area contributed by atoms with E-state index in [0.717, 1.165) is 17.1 Å². The molecule has 1 aliphatic rings. The van der Waals surface area contributed by atoms with Crippen molar-refractivity contribution in [3.05, 3.63) is 59.0 Å². The molecular weight excluding hydrogens is 302 g/mol. The van der Waals surface area contributed by atoms with Gasteiger partial charge in [-0.25, -0.2) is 9.69 Å². The number of halogens is 1. The Labute approximate surface area is 132 Å². The van der Waals surface area contributed by atoms with Crippen LogP contribution in [0.25, 0.3) is 6.08 Å². The summed E-state index contributed by atoms with van der Waals surface area (Å²) in [6, 6.07) is 9.94. The molecule has 1 N–H and O–H groups in total. The second kappa shape index (κ2) is 5.69. The molecule has 2 heterocycles. The zero-order chi connectivity index (χ0) is 15.7. The molecule has 0 aliphatic carbocycles. The van der Waals surface area contributed by atoms with Crippen molar-refractivity contribution in [2.45, 2.75) is 13.5 Å². The van der Waals surface area contributed by atoms with Gasteiger partial charge in [0.25, 0.3) is 5.91 Å². The lowest BCUT2D eigenvalue weighted by Gasteiger charge is -2.11. The Morgan fingerprint density at radius 3 is 2.77 bits per heavy atom. The van der Waals surface area contributed by atoms with E-state index in [1.54, 1.807) is 30.3 Å². The Balaban J connectivity index is 1.95. The molecule has 1 saturated heterocycles. The number of benzene rings is 1. The first kappa shape index (κ1) is 14.4. The molecule has 22 heavy (non-hydrogen) atoms. The minimum atomic E-state index is -0.479. The summed E-state index contributed by atoms with van der Waals surface area (Å²) in [5, 5.41) is 3.07. The smallest absolute Gasteiger partial charge is 0.333 e. The summed E-state index contributed by atoms with van der Waals surface area (Å²) >= 11 is 5.92. The van der Waals surface area contributed by atoms with Crippen molar-refractivity contribution in [2.24, 2.45) is 0 Å². The number of nitrogens with zero attached hydrogens (tertiary/aromatic N) is 2. The molecule has 0 unspecified atom stereocenters. The maximum Gasteiger partial charge on any atom is 0.333 e. The molecule has 1 aromatic heterocycles. The molecule has 1 fully saturated rings. The first-order valence-corrected chi connectivity index (χ1v) is 7.26. The third-order valence-corrected chi connectivity index (χ3v) is 3.68. The number of imide groups is 1. The Morgan fingerprint density at radius 2 is 2.05 bits per heavy atom. The Bertz CT molecular complexity index is 779. The lowest BCUT2D eigenvalue weighted by Crippen LogP contribution is -2.30. The van der Waals surface area contributed by atoms with E-state index in [9.17, 15) is 9.59 Å². The molecule has 3 rings (SSSR count). The summed E-state index contributed by atoms with van der Waals surface area (Å²) in [5.74, 6) is -0.392. The molecule has 112 valence electrons. The first-order chi connectivity index (χ1) is 10.6. The number of aromatic nitrogens is 1. The summed E-state index contributed by atoms with van der Waals surface area (Å²) in [6.45, 7) is 2.79. The van der Waals surface area contributed by atoms with Gasteiger partial charge >= 0.3 is 6.03 Å². The second-order valence-corrected chi connectivity index (χ2v) is 5.26. The molecule has 0 atom stereocenters. The van der Waals surface area contributed by atoms with Crippen molar-refractivity contribution >= 4 is 35.3 Å². The van der Waals surface area contributed by atoms with Gasteiger partial charge < -0.3 is 9.88 Å². The predicted octanol–water partition coefficient (Wildman–Crippen LogP) is 3.26. The fourth-order valence-corrected chi connectivity index (χ4v) is 2.56. The highest BCUT2D eigenvalue weighted by Gasteiger charge is 2.35. The fourth-order valence-electron chi connectivity index (χ4n) is 2.38. The third-order valence-electron chi connectivity index (χ3n) is 3.44. The standard InChI is InChI=1S/C16H14ClN3O2/c1-2-19-8-4-7-12(19)10-14-15(21)20(16(22)18-14)13-6-3-5-11(17)9-13/h3-10H,2H2,1H3,(H,18,22)/b14-10+. The number of anilines is 1. The van der Waals surface area contributed by atoms with E-state index in [1.165, 1.54) is 0 Å². The van der Waals surface area contributed by atoms with E-state index in [0.29, 0.717) is 10.7 Å². The molecule has 1 aliphatic heterocycles. The quantitative estimate of drug-likeness (QED) is 0.698. The van der Waals surface area contributed by atoms with Crippen molar-refractivity contribution in [3.63, 3.8) is 0 Å². The normalized spacial score (nSPS) is 16.5. The van der Waals surface area contributed by atoms with Crippen molar-refractivity contribution in [1.29, 1.82) is 0 Å². The largest absolute Gasteiger partial charge is 0.348 e. The highest BCUT2D eigenvalue weighted by Crippen LogP contribution is 2.24. The molecule has 0 spiro atoms. The third kappa shape index (κ3) is 2.51. The maximum atomic E-state index is 12.5. The number of aryl methyl sites for hydroxylation is 1. The molecule has 0 radical (unpaired) electrons. The number of carbonyl (C=O) groups is 2. The van der Waals surface area contributed by atoms with Crippen LogP contribution in [0.2, 0.25) is 5.02 Å². The number of urea groups is 1. The minimum Gasteiger partial charge on any atom is -0.348 e. The zero-order valence-electron chi connectivity index (χ0n) is 11.9. The summed E-state index contributed by atoms with van der Waals surface area (Å²) in [5.41, 5.74) is 1.56. The molecule has 0 bridgehead atoms. The average Bonchev–Trinajstić information content (AvgIpc) is 3.04. The van der Waals surface area contributed by atoms with Gasteiger partial charge in [-0.1, -0.05) is 17.7 Å². The van der Waals surface area contributed by atoms with Crippen LogP contribution in [-0.4, -0.2) is 16.5 Å². The van der Waals surface area contributed by atoms with Crippen molar-refractivity contribution in [1.82, 2.24) is 9.88 Å². The number of rotatable bonds is 3. The number of hydrogen-bond acceptors (Lipinski definition) is 2. The minimum absolute atomic E-state index is 0.248. The first-order valence-electron chi connectivity index (χ1n) is 6.88. The summed E-state index contributed by atoms with van der Waals surface area (Å²) in [7, 11) is 0. The van der Waals surface area contributed by atoms with Crippen LogP contribution in [0, 0.1) is 0 Å². The number of carbonyl (C=O) groups excluding carboxylic acids is 2. The van der Waals surface area contributed by atoms with E-state index in [1.807, 2.05) is 29.8 Å². The molecule has 6 heteroatoms. The van der Waals surface area contributed by atoms with Crippen LogP contribution < -0.4 is 10.2 Å². The van der Waals surface area contributed by atoms with Crippen molar-refractivity contribution < 1.29 is 9.59 Å². The van der Waals surface area contributed by atoms with E-state index in [2.05, 4.69) is 5.32 Å². The summed E-state index contributed by atoms with van der Waals surface area (Å²) in [6.07, 6.45) is 3.59. The lowest BCUT2D eigenvalue weighted by molar-refractivity contribution is -0.113. The molecular formula is C16H14ClN3O2. The predicted molar refractivity (Wildman–Crippen MR) is 85.6 cm³/mol. The number of hydrogen-bond donors (Lipinski definition) is 1. The van der Waals surface area contributed by atoms with E-state index >= 15 is 0 Å². The van der Waals surface area contributed by atoms with Crippen molar-refractivity contribution in [2.75, 3.05) is 4.90 Å². The van der Waals surface area contributed by atoms with E-state index in [-0.39, 0.29) is 5.70 Å². The Morgan fingerprint density at radius 1 is 1.23 bits per heavy atom. The van der Waals surface area contributed by atoms with Gasteiger partial charge in [-0.3, -0.25) is 4.79 Å². The molecule has 2 aromatic rings. The van der Waals surface area contributed by atoms with Gasteiger partial charge in [0, 0.05) is 23.5 Å². The van der Waals surface area contributed by atoms with Crippen LogP contribution in [0.3, 0.4) is 0 Å². The van der Waals surface area contributed by atoms with Gasteiger partial charge in [0.2, 0.25) is 0 Å². The van der Waals surface area contributed by atoms with E-state index < -0.39 is 11.9 Å². The molecule has 5 nitrogen and oxygen atoms in total. The van der Waals surface area contributed by atoms with Crippen LogP contribution >= 0.6 is 11.6 Å². The zero-order valence-corrected chi connectivity index (χ0v) is 12.7. The van der Waals surface area contributed by atoms with Crippen LogP contribution in [0.5, 0.6) is 0 Å². The van der Waals surface area contributed by atoms with Gasteiger partial charge in [0.05, 0.1) is 5.69 Å². The van der Waals surface area contributed by atoms with Gasteiger partial charge in [-0.2, -0.15) is 0 Å². The summed E-state index contributed by atoms with van der Waals surface area (Å²) in [4.78, 5) is 25.6.